The summed E-state index contributed by atoms with van der Waals surface area (Å²) < 4.78 is 0.964. The van der Waals surface area contributed by atoms with E-state index in [1.54, 1.807) is 24.3 Å². The molecule has 8 nitrogen and oxygen atoms in total. The number of rotatable bonds is 7. The number of benzene rings is 2. The van der Waals surface area contributed by atoms with E-state index in [1.165, 1.54) is 36.0 Å². The van der Waals surface area contributed by atoms with Crippen LogP contribution in [0, 0.1) is 0 Å². The fraction of sp³-hybridized carbons (Fsp3) is 0.200. The van der Waals surface area contributed by atoms with Gasteiger partial charge in [0.15, 0.2) is 0 Å². The van der Waals surface area contributed by atoms with Crippen LogP contribution in [-0.2, 0) is 4.79 Å². The van der Waals surface area contributed by atoms with Crippen molar-refractivity contribution in [2.75, 3.05) is 17.3 Å². The van der Waals surface area contributed by atoms with Crippen molar-refractivity contribution in [3.05, 3.63) is 74.9 Å². The van der Waals surface area contributed by atoms with Gasteiger partial charge < -0.3 is 16.0 Å². The molecule has 1 heterocycles. The molecule has 0 aliphatic carbocycles. The summed E-state index contributed by atoms with van der Waals surface area (Å²) in [6, 6.07) is 11.7. The summed E-state index contributed by atoms with van der Waals surface area (Å²) in [7, 11) is 0. The lowest BCUT2D eigenvalue weighted by Gasteiger charge is -2.19. The number of nitrogens with zero attached hydrogens (tertiary/aromatic N) is 1. The highest BCUT2D eigenvalue weighted by atomic mass is 32.2. The number of aromatic amines is 1. The van der Waals surface area contributed by atoms with Crippen LogP contribution in [0.25, 0.3) is 10.9 Å². The second-order valence-corrected chi connectivity index (χ2v) is 7.36. The quantitative estimate of drug-likeness (QED) is 0.545. The molecular formula is C20H20N4O4S. The number of primary amides is 1. The molecule has 0 radical (unpaired) electrons. The number of thioether (sulfide) groups is 1. The van der Waals surface area contributed by atoms with Crippen LogP contribution in [0.3, 0.4) is 0 Å². The number of nitrogens with two attached hydrogens (primary N) is 1. The zero-order chi connectivity index (χ0) is 21.0. The Kier molecular flexibility index (Phi) is 6.18. The van der Waals surface area contributed by atoms with Gasteiger partial charge in [0.05, 0.1) is 10.9 Å². The first-order chi connectivity index (χ1) is 13.9. The fourth-order valence-corrected chi connectivity index (χ4v) is 3.47. The Hall–Kier alpha value is -3.33. The molecule has 29 heavy (non-hydrogen) atoms. The monoisotopic (exact) mass is 412 g/mol. The molecule has 0 saturated heterocycles. The molecule has 3 aromatic rings. The van der Waals surface area contributed by atoms with Crippen molar-refractivity contribution in [3.63, 3.8) is 0 Å². The zero-order valence-electron chi connectivity index (χ0n) is 15.7. The van der Waals surface area contributed by atoms with Crippen molar-refractivity contribution < 1.29 is 9.59 Å². The van der Waals surface area contributed by atoms with E-state index in [9.17, 15) is 19.2 Å². The maximum Gasteiger partial charge on any atom is 0.329 e. The van der Waals surface area contributed by atoms with E-state index < -0.39 is 29.1 Å². The first-order valence-corrected chi connectivity index (χ1v) is 10.2. The summed E-state index contributed by atoms with van der Waals surface area (Å²) in [6.45, 7) is 0. The predicted octanol–water partition coefficient (Wildman–Crippen LogP) is 1.72. The number of hydrogen-bond acceptors (Lipinski definition) is 5. The van der Waals surface area contributed by atoms with Gasteiger partial charge in [0.2, 0.25) is 11.8 Å². The topological polar surface area (TPSA) is 127 Å². The van der Waals surface area contributed by atoms with Crippen molar-refractivity contribution in [1.29, 1.82) is 0 Å². The first kappa shape index (κ1) is 20.4. The highest BCUT2D eigenvalue weighted by Gasteiger charge is 2.24. The van der Waals surface area contributed by atoms with Crippen molar-refractivity contribution in [2.24, 2.45) is 5.73 Å². The first-order valence-electron chi connectivity index (χ1n) is 8.85. The van der Waals surface area contributed by atoms with E-state index >= 15 is 0 Å². The molecule has 0 aliphatic rings. The third-order valence-electron chi connectivity index (χ3n) is 4.48. The number of nitrogens with one attached hydrogen (secondary N) is 2. The Morgan fingerprint density at radius 2 is 1.83 bits per heavy atom. The van der Waals surface area contributed by atoms with Crippen LogP contribution in [0.2, 0.25) is 0 Å². The van der Waals surface area contributed by atoms with Gasteiger partial charge in [0.25, 0.3) is 5.56 Å². The van der Waals surface area contributed by atoms with E-state index in [0.717, 1.165) is 4.57 Å². The summed E-state index contributed by atoms with van der Waals surface area (Å²) >= 11 is 1.51. The molecule has 0 unspecified atom stereocenters. The SMILES string of the molecule is CSCC[C@@H](C(=O)Nc1ccc(C(N)=O)cc1)n1c(=O)[nH]c2ccccc2c1=O. The Bertz CT molecular complexity index is 1170. The molecule has 2 amide bonds. The molecule has 150 valence electrons. The van der Waals surface area contributed by atoms with E-state index in [1.807, 2.05) is 6.26 Å². The lowest BCUT2D eigenvalue weighted by atomic mass is 10.1. The van der Waals surface area contributed by atoms with Crippen molar-refractivity contribution >= 4 is 40.2 Å². The Balaban J connectivity index is 1.98. The number of carbonyl (C=O) groups is 2. The third-order valence-corrected chi connectivity index (χ3v) is 5.13. The number of hydrogen-bond donors (Lipinski definition) is 3. The molecule has 0 aliphatic heterocycles. The number of amides is 2. The van der Waals surface area contributed by atoms with Gasteiger partial charge in [0, 0.05) is 11.3 Å². The normalized spacial score (nSPS) is 11.9. The summed E-state index contributed by atoms with van der Waals surface area (Å²) in [5, 5.41) is 3.04. The molecular weight excluding hydrogens is 392 g/mol. The van der Waals surface area contributed by atoms with Gasteiger partial charge in [-0.05, 0) is 54.8 Å². The summed E-state index contributed by atoms with van der Waals surface area (Å²) in [6.07, 6.45) is 2.18. The van der Waals surface area contributed by atoms with Gasteiger partial charge in [-0.25, -0.2) is 9.36 Å². The summed E-state index contributed by atoms with van der Waals surface area (Å²) in [5.41, 5.74) is 5.22. The molecule has 3 rings (SSSR count). The molecule has 4 N–H and O–H groups in total. The number of aromatic nitrogens is 2. The Morgan fingerprint density at radius 1 is 1.14 bits per heavy atom. The van der Waals surface area contributed by atoms with E-state index in [4.69, 9.17) is 5.73 Å². The Morgan fingerprint density at radius 3 is 2.48 bits per heavy atom. The van der Waals surface area contributed by atoms with E-state index in [2.05, 4.69) is 10.3 Å². The van der Waals surface area contributed by atoms with Gasteiger partial charge in [0.1, 0.15) is 6.04 Å². The maximum absolute atomic E-state index is 13.0. The molecule has 0 fully saturated rings. The molecule has 2 aromatic carbocycles. The maximum atomic E-state index is 13.0. The number of H-pyrrole nitrogens is 1. The average Bonchev–Trinajstić information content (AvgIpc) is 2.70. The number of anilines is 1. The second-order valence-electron chi connectivity index (χ2n) is 6.38. The fourth-order valence-electron chi connectivity index (χ4n) is 3.01. The number of carbonyl (C=O) groups excluding carboxylic acids is 2. The molecule has 0 spiro atoms. The van der Waals surface area contributed by atoms with E-state index in [-0.39, 0.29) is 0 Å². The van der Waals surface area contributed by atoms with Gasteiger partial charge in [-0.3, -0.25) is 14.4 Å². The summed E-state index contributed by atoms with van der Waals surface area (Å²) in [4.78, 5) is 52.3. The number of fused-ring (bicyclic) bond motifs is 1. The molecule has 0 saturated carbocycles. The zero-order valence-corrected chi connectivity index (χ0v) is 16.5. The van der Waals surface area contributed by atoms with E-state index in [0.29, 0.717) is 34.3 Å². The van der Waals surface area contributed by atoms with Crippen LogP contribution in [-0.4, -0.2) is 33.4 Å². The second kappa shape index (κ2) is 8.78. The average molecular weight is 412 g/mol. The van der Waals surface area contributed by atoms with Crippen molar-refractivity contribution in [2.45, 2.75) is 12.5 Å². The molecule has 1 atom stereocenters. The van der Waals surface area contributed by atoms with Crippen LogP contribution in [0.1, 0.15) is 22.8 Å². The largest absolute Gasteiger partial charge is 0.366 e. The third kappa shape index (κ3) is 4.40. The lowest BCUT2D eigenvalue weighted by molar-refractivity contribution is -0.119. The molecule has 0 bridgehead atoms. The van der Waals surface area contributed by atoms with Crippen LogP contribution in [0.15, 0.2) is 58.1 Å². The molecule has 1 aromatic heterocycles. The van der Waals surface area contributed by atoms with Crippen molar-refractivity contribution in [3.8, 4) is 0 Å². The highest BCUT2D eigenvalue weighted by molar-refractivity contribution is 7.98. The minimum absolute atomic E-state index is 0.299. The predicted molar refractivity (Wildman–Crippen MR) is 114 cm³/mol. The van der Waals surface area contributed by atoms with Crippen molar-refractivity contribution in [1.82, 2.24) is 9.55 Å². The van der Waals surface area contributed by atoms with Gasteiger partial charge in [-0.2, -0.15) is 11.8 Å². The standard InChI is InChI=1S/C20H20N4O4S/c1-29-11-10-16(18(26)22-13-8-6-12(7-9-13)17(21)25)24-19(27)14-4-2-3-5-15(14)23-20(24)28/h2-9,16H,10-11H2,1H3,(H2,21,25)(H,22,26)(H,23,28)/t16-/m0/s1. The lowest BCUT2D eigenvalue weighted by Crippen LogP contribution is -2.43. The highest BCUT2D eigenvalue weighted by Crippen LogP contribution is 2.17. The minimum Gasteiger partial charge on any atom is -0.366 e. The Labute approximate surface area is 170 Å². The van der Waals surface area contributed by atoms with Crippen LogP contribution in [0.5, 0.6) is 0 Å². The smallest absolute Gasteiger partial charge is 0.329 e. The van der Waals surface area contributed by atoms with Crippen LogP contribution >= 0.6 is 11.8 Å². The van der Waals surface area contributed by atoms with Gasteiger partial charge in [-0.1, -0.05) is 12.1 Å². The van der Waals surface area contributed by atoms with Crippen LogP contribution < -0.4 is 22.3 Å². The van der Waals surface area contributed by atoms with Gasteiger partial charge >= 0.3 is 5.69 Å². The number of para-hydroxylation sites is 1. The van der Waals surface area contributed by atoms with Crippen LogP contribution in [0.4, 0.5) is 5.69 Å². The molecule has 9 heteroatoms. The summed E-state index contributed by atoms with van der Waals surface area (Å²) in [5.74, 6) is -0.485. The minimum atomic E-state index is -0.987. The van der Waals surface area contributed by atoms with Gasteiger partial charge in [-0.15, -0.1) is 0 Å².